The predicted octanol–water partition coefficient (Wildman–Crippen LogP) is 5.01. The van der Waals surface area contributed by atoms with E-state index in [4.69, 9.17) is 14.2 Å². The van der Waals surface area contributed by atoms with Gasteiger partial charge in [0, 0.05) is 62.5 Å². The van der Waals surface area contributed by atoms with Gasteiger partial charge in [-0.25, -0.2) is 9.69 Å². The average molecular weight is 736 g/mol. The van der Waals surface area contributed by atoms with Gasteiger partial charge in [-0.3, -0.25) is 24.6 Å². The van der Waals surface area contributed by atoms with Crippen LogP contribution in [0.15, 0.2) is 103 Å². The first kappa shape index (κ1) is 36.7. The van der Waals surface area contributed by atoms with Crippen molar-refractivity contribution in [2.45, 2.75) is 50.6 Å². The Kier molecular flexibility index (Phi) is 11.2. The van der Waals surface area contributed by atoms with Gasteiger partial charge in [-0.15, -0.1) is 0 Å². The van der Waals surface area contributed by atoms with E-state index < -0.39 is 35.2 Å². The molecule has 280 valence electrons. The molecule has 3 saturated heterocycles. The van der Waals surface area contributed by atoms with Crippen LogP contribution in [0.5, 0.6) is 0 Å². The Morgan fingerprint density at radius 1 is 0.852 bits per heavy atom. The molecule has 7 rings (SSSR count). The Balaban J connectivity index is 1.03. The molecule has 3 aliphatic heterocycles. The lowest BCUT2D eigenvalue weighted by atomic mass is 9.99. The zero-order chi connectivity index (χ0) is 37.6. The summed E-state index contributed by atoms with van der Waals surface area (Å²) in [7, 11) is 0. The van der Waals surface area contributed by atoms with Crippen LogP contribution < -0.4 is 15.1 Å². The molecule has 0 aliphatic carbocycles. The van der Waals surface area contributed by atoms with Crippen LogP contribution >= 0.6 is 0 Å². The molecular formula is C40H41N5O9. The molecule has 0 aromatic heterocycles. The molecule has 4 atom stereocenters. The molecule has 4 aromatic carbocycles. The molecular weight excluding hydrogens is 694 g/mol. The largest absolute Gasteiger partial charge is 0.445 e. The van der Waals surface area contributed by atoms with Crippen molar-refractivity contribution < 1.29 is 38.6 Å². The van der Waals surface area contributed by atoms with Crippen LogP contribution in [0.3, 0.4) is 0 Å². The number of carbonyl (C=O) groups is 3. The maximum absolute atomic E-state index is 13.5. The van der Waals surface area contributed by atoms with Gasteiger partial charge in [0.25, 0.3) is 11.6 Å². The van der Waals surface area contributed by atoms with Gasteiger partial charge in [0.1, 0.15) is 12.6 Å². The highest BCUT2D eigenvalue weighted by Gasteiger charge is 2.41. The Morgan fingerprint density at radius 3 is 2.30 bits per heavy atom. The minimum Gasteiger partial charge on any atom is -0.445 e. The summed E-state index contributed by atoms with van der Waals surface area (Å²) in [4.78, 5) is 55.4. The molecule has 14 heteroatoms. The highest BCUT2D eigenvalue weighted by Crippen LogP contribution is 2.39. The van der Waals surface area contributed by atoms with Crippen LogP contribution in [0, 0.1) is 10.1 Å². The molecule has 4 aromatic rings. The number of piperazine rings is 1. The number of non-ortho nitro benzene ring substituents is 1. The number of nitro groups is 1. The van der Waals surface area contributed by atoms with Gasteiger partial charge in [-0.05, 0) is 41.0 Å². The summed E-state index contributed by atoms with van der Waals surface area (Å²) in [6.45, 7) is 3.62. The number of hydrogen-bond donors (Lipinski definition) is 2. The average Bonchev–Trinajstić information content (AvgIpc) is 3.48. The number of aliphatic hydroxyl groups excluding tert-OH is 1. The maximum atomic E-state index is 13.5. The molecule has 3 fully saturated rings. The summed E-state index contributed by atoms with van der Waals surface area (Å²) < 4.78 is 18.4. The van der Waals surface area contributed by atoms with Crippen molar-refractivity contribution in [1.82, 2.24) is 10.2 Å². The van der Waals surface area contributed by atoms with Gasteiger partial charge < -0.3 is 29.5 Å². The molecule has 0 saturated carbocycles. The fraction of sp³-hybridized carbons (Fsp3) is 0.325. The number of anilines is 2. The first-order valence-corrected chi connectivity index (χ1v) is 17.9. The van der Waals surface area contributed by atoms with Crippen LogP contribution in [-0.4, -0.2) is 77.7 Å². The topological polar surface area (TPSA) is 164 Å². The van der Waals surface area contributed by atoms with Gasteiger partial charge in [0.2, 0.25) is 5.91 Å². The van der Waals surface area contributed by atoms with E-state index in [0.717, 1.165) is 53.5 Å². The number of ether oxygens (including phenoxy) is 3. The molecule has 4 unspecified atom stereocenters. The van der Waals surface area contributed by atoms with E-state index in [0.29, 0.717) is 24.2 Å². The minimum atomic E-state index is -1.07. The van der Waals surface area contributed by atoms with Crippen molar-refractivity contribution in [3.63, 3.8) is 0 Å². The van der Waals surface area contributed by atoms with Crippen LogP contribution in [0.1, 0.15) is 47.5 Å². The third-order valence-corrected chi connectivity index (χ3v) is 9.93. The lowest BCUT2D eigenvalue weighted by Gasteiger charge is -2.41. The summed E-state index contributed by atoms with van der Waals surface area (Å²) >= 11 is 0. The summed E-state index contributed by atoms with van der Waals surface area (Å²) in [5.41, 5.74) is 4.47. The van der Waals surface area contributed by atoms with Crippen LogP contribution in [0.4, 0.5) is 21.9 Å². The molecule has 14 nitrogen and oxygen atoms in total. The SMILES string of the molecule is O=C(NC1CC(=O)N(c2cccc(C3OC(CN4CCN(c5ccc([N+](=O)[O-])cc5)CC4)CC(c4ccc(CO)cc4)O3)c2)C1=O)OCc1ccccc1. The minimum absolute atomic E-state index is 0.0284. The van der Waals surface area contributed by atoms with E-state index in [-0.39, 0.29) is 37.5 Å². The van der Waals surface area contributed by atoms with Gasteiger partial charge in [0.05, 0.1) is 35.8 Å². The Labute approximate surface area is 312 Å². The molecule has 54 heavy (non-hydrogen) atoms. The highest BCUT2D eigenvalue weighted by molar-refractivity contribution is 6.22. The van der Waals surface area contributed by atoms with Gasteiger partial charge in [-0.1, -0.05) is 66.7 Å². The second kappa shape index (κ2) is 16.6. The number of imide groups is 1. The lowest BCUT2D eigenvalue weighted by Crippen LogP contribution is -2.49. The number of rotatable bonds is 11. The standard InChI is InChI=1S/C40H41N5O9/c46-25-27-9-11-29(12-10-27)36-22-34(24-42-17-19-43(20-18-42)31-13-15-32(16-14-31)45(50)51)53-39(54-36)30-7-4-8-33(21-30)44-37(47)23-35(38(44)48)41-40(49)52-26-28-5-2-1-3-6-28/h1-16,21,34-36,39,46H,17-20,22-26H2,(H,41,49). The molecule has 3 heterocycles. The first-order chi connectivity index (χ1) is 26.2. The van der Waals surface area contributed by atoms with Crippen molar-refractivity contribution in [3.8, 4) is 0 Å². The summed E-state index contributed by atoms with van der Waals surface area (Å²) in [5.74, 6) is -1.02. The van der Waals surface area contributed by atoms with E-state index in [1.807, 2.05) is 60.7 Å². The fourth-order valence-electron chi connectivity index (χ4n) is 7.03. The lowest BCUT2D eigenvalue weighted by molar-refractivity contribution is -0.384. The quantitative estimate of drug-likeness (QED) is 0.121. The van der Waals surface area contributed by atoms with Gasteiger partial charge in [-0.2, -0.15) is 0 Å². The molecule has 0 bridgehead atoms. The zero-order valence-corrected chi connectivity index (χ0v) is 29.5. The number of nitrogens with zero attached hydrogens (tertiary/aromatic N) is 4. The number of alkyl carbamates (subject to hydrolysis) is 1. The Hall–Kier alpha value is -5.67. The number of carbonyl (C=O) groups excluding carboxylic acids is 3. The van der Waals surface area contributed by atoms with E-state index in [1.165, 1.54) is 12.1 Å². The number of nitrogens with one attached hydrogen (secondary N) is 1. The number of aliphatic hydroxyl groups is 1. The predicted molar refractivity (Wildman–Crippen MR) is 197 cm³/mol. The third-order valence-electron chi connectivity index (χ3n) is 9.93. The Bertz CT molecular complexity index is 1950. The number of amides is 3. The molecule has 3 aliphatic rings. The van der Waals surface area contributed by atoms with E-state index in [9.17, 15) is 29.6 Å². The zero-order valence-electron chi connectivity index (χ0n) is 29.5. The number of hydrogen-bond acceptors (Lipinski definition) is 11. The summed E-state index contributed by atoms with van der Waals surface area (Å²) in [6, 6.07) is 29.2. The van der Waals surface area contributed by atoms with Crippen LogP contribution in [0.2, 0.25) is 0 Å². The number of nitro benzene ring substituents is 1. The van der Waals surface area contributed by atoms with Crippen molar-refractivity contribution in [3.05, 3.63) is 135 Å². The van der Waals surface area contributed by atoms with Crippen molar-refractivity contribution in [2.24, 2.45) is 0 Å². The van der Waals surface area contributed by atoms with E-state index in [2.05, 4.69) is 15.1 Å². The normalized spacial score (nSPS) is 21.9. The van der Waals surface area contributed by atoms with Crippen molar-refractivity contribution >= 4 is 35.0 Å². The van der Waals surface area contributed by atoms with Gasteiger partial charge in [0.15, 0.2) is 6.29 Å². The summed E-state index contributed by atoms with van der Waals surface area (Å²) in [6.07, 6.45) is -1.80. The van der Waals surface area contributed by atoms with Crippen molar-refractivity contribution in [1.29, 1.82) is 0 Å². The second-order valence-corrected chi connectivity index (χ2v) is 13.5. The molecule has 0 spiro atoms. The van der Waals surface area contributed by atoms with Crippen LogP contribution in [0.25, 0.3) is 0 Å². The molecule has 3 amide bonds. The Morgan fingerprint density at radius 2 is 1.59 bits per heavy atom. The van der Waals surface area contributed by atoms with E-state index in [1.54, 1.807) is 30.3 Å². The first-order valence-electron chi connectivity index (χ1n) is 17.9. The van der Waals surface area contributed by atoms with E-state index >= 15 is 0 Å². The smallest absolute Gasteiger partial charge is 0.408 e. The summed E-state index contributed by atoms with van der Waals surface area (Å²) in [5, 5.41) is 23.2. The maximum Gasteiger partial charge on any atom is 0.408 e. The van der Waals surface area contributed by atoms with Crippen LogP contribution in [-0.2, 0) is 37.0 Å². The van der Waals surface area contributed by atoms with Crippen molar-refractivity contribution in [2.75, 3.05) is 42.5 Å². The monoisotopic (exact) mass is 735 g/mol. The molecule has 2 N–H and O–H groups in total. The fourth-order valence-corrected chi connectivity index (χ4v) is 7.03. The molecule has 0 radical (unpaired) electrons. The second-order valence-electron chi connectivity index (χ2n) is 13.5. The highest BCUT2D eigenvalue weighted by atomic mass is 16.7. The van der Waals surface area contributed by atoms with Gasteiger partial charge >= 0.3 is 6.09 Å². The number of benzene rings is 4. The third kappa shape index (κ3) is 8.58.